The molecule has 0 fully saturated rings. The highest BCUT2D eigenvalue weighted by Gasteiger charge is 2.18. The molecule has 0 aromatic heterocycles. The van der Waals surface area contributed by atoms with Crippen molar-refractivity contribution in [1.29, 1.82) is 0 Å². The normalized spacial score (nSPS) is 9.90. The fraction of sp³-hybridized carbons (Fsp3) is 0.667. The van der Waals surface area contributed by atoms with Crippen LogP contribution >= 0.6 is 7.82 Å². The highest BCUT2D eigenvalue weighted by molar-refractivity contribution is 7.46. The highest BCUT2D eigenvalue weighted by atomic mass is 31.2. The fourth-order valence-corrected chi connectivity index (χ4v) is 0.592. The summed E-state index contributed by atoms with van der Waals surface area (Å²) in [5.41, 5.74) is 0. The molecule has 0 saturated carbocycles. The van der Waals surface area contributed by atoms with Gasteiger partial charge in [0.1, 0.15) is 0 Å². The molecular weight excluding hydrogens is 161 g/mol. The van der Waals surface area contributed by atoms with E-state index < -0.39 is 13.8 Å². The summed E-state index contributed by atoms with van der Waals surface area (Å²) in [5.74, 6) is -0.900. The summed E-state index contributed by atoms with van der Waals surface area (Å²) >= 11 is 0. The molecule has 0 heterocycles. The highest BCUT2D eigenvalue weighted by Crippen LogP contribution is 2.35. The van der Waals surface area contributed by atoms with Crippen LogP contribution in [0.15, 0.2) is 0 Å². The predicted molar refractivity (Wildman–Crippen MR) is 33.4 cm³/mol. The van der Waals surface area contributed by atoms with Gasteiger partial charge >= 0.3 is 13.8 Å². The number of rotatable bonds is 2. The van der Waals surface area contributed by atoms with E-state index in [-0.39, 0.29) is 12.6 Å². The van der Waals surface area contributed by atoms with Gasteiger partial charge in [0.25, 0.3) is 0 Å². The van der Waals surface area contributed by atoms with E-state index in [1.54, 1.807) is 0 Å². The minimum Gasteiger partial charge on any atom is -0.371 e. The van der Waals surface area contributed by atoms with Crippen LogP contribution in [0.1, 0.15) is 13.3 Å². The molecule has 0 bridgehead atoms. The lowest BCUT2D eigenvalue weighted by atomic mass is 10.5. The van der Waals surface area contributed by atoms with Crippen molar-refractivity contribution in [3.05, 3.63) is 0 Å². The van der Waals surface area contributed by atoms with E-state index in [0.717, 1.165) is 0 Å². The molecule has 10 heavy (non-hydrogen) atoms. The average Bonchev–Trinajstić information content (AvgIpc) is 1.62. The Morgan fingerprint density at radius 2 is 2.00 bits per heavy atom. The van der Waals surface area contributed by atoms with Crippen LogP contribution in [0.4, 0.5) is 0 Å². The van der Waals surface area contributed by atoms with Gasteiger partial charge in [0.15, 0.2) is 0 Å². The average molecular weight is 171 g/mol. The van der Waals surface area contributed by atoms with Gasteiger partial charge in [-0.2, -0.15) is 0 Å². The maximum Gasteiger partial charge on any atom is 0.526 e. The van der Waals surface area contributed by atoms with Crippen LogP contribution in [0.25, 0.3) is 0 Å². The molecule has 0 rings (SSSR count). The minimum absolute atomic E-state index is 0. The predicted octanol–water partition coefficient (Wildman–Crippen LogP) is 0.194. The zero-order valence-electron chi connectivity index (χ0n) is 5.48. The van der Waals surface area contributed by atoms with Gasteiger partial charge in [-0.15, -0.1) is 0 Å². The zero-order chi connectivity index (χ0) is 7.49. The first kappa shape index (κ1) is 12.3. The second-order valence-electron chi connectivity index (χ2n) is 1.31. The van der Waals surface area contributed by atoms with Crippen molar-refractivity contribution in [2.75, 3.05) is 0 Å². The maximum absolute atomic E-state index is 10.1. The van der Waals surface area contributed by atoms with E-state index >= 15 is 0 Å². The van der Waals surface area contributed by atoms with E-state index in [1.165, 1.54) is 6.92 Å². The molecule has 0 atom stereocenters. The summed E-state index contributed by atoms with van der Waals surface area (Å²) in [5, 5.41) is 0. The molecule has 0 aromatic rings. The van der Waals surface area contributed by atoms with Crippen molar-refractivity contribution >= 4 is 13.8 Å². The third kappa shape index (κ3) is 7.58. The van der Waals surface area contributed by atoms with Gasteiger partial charge in [-0.1, -0.05) is 6.92 Å². The molecule has 0 saturated heterocycles. The zero-order valence-corrected chi connectivity index (χ0v) is 6.38. The number of carbonyl (C=O) groups is 1. The standard InChI is InChI=1S/C3H7O5P.H3N/c1-2-3(4)8-9(5,6)7;/h2H2,1H3,(H2,5,6,7);1H3. The van der Waals surface area contributed by atoms with Crippen LogP contribution in [0.2, 0.25) is 0 Å². The first-order valence-corrected chi connectivity index (χ1v) is 3.76. The number of phosphoric ester groups is 1. The second-order valence-corrected chi connectivity index (χ2v) is 2.47. The summed E-state index contributed by atoms with van der Waals surface area (Å²) in [6.07, 6.45) is -0.0366. The van der Waals surface area contributed by atoms with Crippen molar-refractivity contribution in [2.24, 2.45) is 0 Å². The first-order valence-electron chi connectivity index (χ1n) is 2.23. The van der Waals surface area contributed by atoms with Crippen LogP contribution < -0.4 is 6.15 Å². The Morgan fingerprint density at radius 1 is 1.60 bits per heavy atom. The number of hydrogen-bond donors (Lipinski definition) is 3. The number of phosphoric acid groups is 1. The molecule has 0 aliphatic heterocycles. The lowest BCUT2D eigenvalue weighted by Crippen LogP contribution is -1.98. The second kappa shape index (κ2) is 4.40. The SMILES string of the molecule is CCC(=O)OP(=O)(O)O.N. The molecule has 0 aliphatic rings. The van der Waals surface area contributed by atoms with Gasteiger partial charge in [-0.05, 0) is 0 Å². The molecule has 0 aromatic carbocycles. The van der Waals surface area contributed by atoms with Crippen molar-refractivity contribution in [1.82, 2.24) is 6.15 Å². The molecule has 7 heteroatoms. The van der Waals surface area contributed by atoms with Crippen LogP contribution in [-0.2, 0) is 13.9 Å². The molecular formula is C3H10NO5P. The molecule has 0 radical (unpaired) electrons. The third-order valence-corrected chi connectivity index (χ3v) is 0.951. The maximum atomic E-state index is 10.1. The van der Waals surface area contributed by atoms with Crippen LogP contribution in [0.5, 0.6) is 0 Å². The topological polar surface area (TPSA) is 119 Å². The van der Waals surface area contributed by atoms with Gasteiger partial charge in [0, 0.05) is 6.42 Å². The Bertz CT molecular complexity index is 151. The summed E-state index contributed by atoms with van der Waals surface area (Å²) in [6, 6.07) is 0. The molecule has 62 valence electrons. The van der Waals surface area contributed by atoms with Gasteiger partial charge in [0.05, 0.1) is 0 Å². The summed E-state index contributed by atoms with van der Waals surface area (Å²) in [6.45, 7) is 1.44. The Morgan fingerprint density at radius 3 is 2.10 bits per heavy atom. The Balaban J connectivity index is 0. The van der Waals surface area contributed by atoms with Crippen LogP contribution in [0.3, 0.4) is 0 Å². The number of carbonyl (C=O) groups excluding carboxylic acids is 1. The van der Waals surface area contributed by atoms with Gasteiger partial charge in [-0.25, -0.2) is 4.57 Å². The first-order chi connectivity index (χ1) is 3.95. The summed E-state index contributed by atoms with van der Waals surface area (Å²) in [7, 11) is -4.59. The van der Waals surface area contributed by atoms with Crippen molar-refractivity contribution in [3.63, 3.8) is 0 Å². The summed E-state index contributed by atoms with van der Waals surface area (Å²) < 4.78 is 13.5. The largest absolute Gasteiger partial charge is 0.526 e. The van der Waals surface area contributed by atoms with Gasteiger partial charge in [0.2, 0.25) is 0 Å². The monoisotopic (exact) mass is 171 g/mol. The van der Waals surface area contributed by atoms with Crippen molar-refractivity contribution in [3.8, 4) is 0 Å². The lowest BCUT2D eigenvalue weighted by Gasteiger charge is -2.01. The minimum atomic E-state index is -4.59. The number of hydrogen-bond acceptors (Lipinski definition) is 4. The van der Waals surface area contributed by atoms with Crippen molar-refractivity contribution < 1.29 is 23.7 Å². The third-order valence-electron chi connectivity index (χ3n) is 0.509. The Labute approximate surface area is 58.0 Å². The molecule has 0 unspecified atom stereocenters. The van der Waals surface area contributed by atoms with E-state index in [4.69, 9.17) is 9.79 Å². The quantitative estimate of drug-likeness (QED) is 0.510. The molecule has 0 amide bonds. The Hall–Kier alpha value is -0.420. The molecule has 0 aliphatic carbocycles. The lowest BCUT2D eigenvalue weighted by molar-refractivity contribution is -0.135. The van der Waals surface area contributed by atoms with E-state index in [2.05, 4.69) is 4.52 Å². The van der Waals surface area contributed by atoms with Crippen LogP contribution in [0, 0.1) is 0 Å². The molecule has 6 nitrogen and oxygen atoms in total. The van der Waals surface area contributed by atoms with Gasteiger partial charge in [-0.3, -0.25) is 14.6 Å². The van der Waals surface area contributed by atoms with E-state index in [0.29, 0.717) is 0 Å². The van der Waals surface area contributed by atoms with Crippen molar-refractivity contribution in [2.45, 2.75) is 13.3 Å². The summed E-state index contributed by atoms with van der Waals surface area (Å²) in [4.78, 5) is 26.1. The van der Waals surface area contributed by atoms with E-state index in [9.17, 15) is 9.36 Å². The van der Waals surface area contributed by atoms with E-state index in [1.807, 2.05) is 0 Å². The molecule has 5 N–H and O–H groups in total. The molecule has 0 spiro atoms. The fourth-order valence-electron chi connectivity index (χ4n) is 0.197. The van der Waals surface area contributed by atoms with Gasteiger partial charge < -0.3 is 10.7 Å². The van der Waals surface area contributed by atoms with Crippen LogP contribution in [-0.4, -0.2) is 15.8 Å². The smallest absolute Gasteiger partial charge is 0.371 e. The Kier molecular flexibility index (Phi) is 5.41.